The van der Waals surface area contributed by atoms with Crippen LogP contribution in [0.15, 0.2) is 15.1 Å². The van der Waals surface area contributed by atoms with E-state index in [9.17, 15) is 18.0 Å². The topological polar surface area (TPSA) is 145 Å². The van der Waals surface area contributed by atoms with E-state index in [1.807, 2.05) is 0 Å². The van der Waals surface area contributed by atoms with Crippen LogP contribution in [0, 0.1) is 6.92 Å². The molecule has 2 heterocycles. The predicted molar refractivity (Wildman–Crippen MR) is 69.2 cm³/mol. The van der Waals surface area contributed by atoms with Crippen molar-refractivity contribution in [1.82, 2.24) is 19.9 Å². The maximum atomic E-state index is 12.1. The molecule has 0 amide bonds. The molecule has 0 aliphatic heterocycles. The van der Waals surface area contributed by atoms with Gasteiger partial charge in [-0.15, -0.1) is 0 Å². The molecule has 4 N–H and O–H groups in total. The minimum atomic E-state index is -4.05. The second-order valence-corrected chi connectivity index (χ2v) is 6.38. The summed E-state index contributed by atoms with van der Waals surface area (Å²) in [6, 6.07) is 0. The molecule has 0 bridgehead atoms. The summed E-state index contributed by atoms with van der Waals surface area (Å²) in [5.41, 5.74) is -0.0656. The Balaban J connectivity index is 2.29. The van der Waals surface area contributed by atoms with Crippen molar-refractivity contribution in [2.75, 3.05) is 0 Å². The highest BCUT2D eigenvalue weighted by molar-refractivity contribution is 7.89. The van der Waals surface area contributed by atoms with Gasteiger partial charge in [-0.05, 0) is 6.92 Å². The van der Waals surface area contributed by atoms with Gasteiger partial charge in [0.25, 0.3) is 0 Å². The number of nitrogens with zero attached hydrogens (tertiary/aromatic N) is 1. The number of thiazole rings is 1. The van der Waals surface area contributed by atoms with E-state index in [0.29, 0.717) is 5.69 Å². The van der Waals surface area contributed by atoms with Gasteiger partial charge in [-0.1, -0.05) is 11.3 Å². The lowest BCUT2D eigenvalue weighted by atomic mass is 10.4. The Hall–Kier alpha value is -1.98. The van der Waals surface area contributed by atoms with E-state index in [0.717, 1.165) is 11.3 Å². The molecule has 2 rings (SSSR count). The zero-order valence-electron chi connectivity index (χ0n) is 10.1. The van der Waals surface area contributed by atoms with Crippen molar-refractivity contribution < 1.29 is 18.3 Å². The Labute approximate surface area is 116 Å². The van der Waals surface area contributed by atoms with Gasteiger partial charge in [0.05, 0.1) is 12.2 Å². The fourth-order valence-electron chi connectivity index (χ4n) is 1.54. The van der Waals surface area contributed by atoms with E-state index in [1.165, 1.54) is 12.3 Å². The lowest BCUT2D eigenvalue weighted by Crippen LogP contribution is -2.25. The SMILES string of the molecule is Cc1[nH]nc(C(=O)O)c1S(=O)(=O)NCc1csc(=O)[nH]1. The molecule has 0 unspecified atom stereocenters. The summed E-state index contributed by atoms with van der Waals surface area (Å²) >= 11 is 0.905. The largest absolute Gasteiger partial charge is 0.476 e. The zero-order valence-corrected chi connectivity index (χ0v) is 11.8. The summed E-state index contributed by atoms with van der Waals surface area (Å²) in [6.07, 6.45) is 0. The average Bonchev–Trinajstić information content (AvgIpc) is 2.93. The fraction of sp³-hybridized carbons (Fsp3) is 0.222. The molecular weight excluding hydrogens is 308 g/mol. The minimum absolute atomic E-state index is 0.119. The molecule has 11 heteroatoms. The average molecular weight is 318 g/mol. The van der Waals surface area contributed by atoms with E-state index >= 15 is 0 Å². The zero-order chi connectivity index (χ0) is 14.9. The predicted octanol–water partition coefficient (Wildman–Crippen LogP) is -0.355. The van der Waals surface area contributed by atoms with Gasteiger partial charge in [0.15, 0.2) is 5.69 Å². The summed E-state index contributed by atoms with van der Waals surface area (Å²) < 4.78 is 26.4. The molecule has 0 fully saturated rings. The molecule has 0 aliphatic rings. The number of H-pyrrole nitrogens is 2. The monoisotopic (exact) mass is 318 g/mol. The number of aromatic amines is 2. The quantitative estimate of drug-likeness (QED) is 0.592. The molecule has 0 spiro atoms. The fourth-order valence-corrected chi connectivity index (χ4v) is 3.45. The van der Waals surface area contributed by atoms with Crippen molar-refractivity contribution in [3.63, 3.8) is 0 Å². The number of sulfonamides is 1. The van der Waals surface area contributed by atoms with Crippen LogP contribution in [0.5, 0.6) is 0 Å². The molecule has 2 aromatic rings. The van der Waals surface area contributed by atoms with Gasteiger partial charge in [-0.25, -0.2) is 17.9 Å². The number of aromatic nitrogens is 3. The summed E-state index contributed by atoms with van der Waals surface area (Å²) in [6.45, 7) is 1.26. The maximum Gasteiger partial charge on any atom is 0.357 e. The van der Waals surface area contributed by atoms with Crippen LogP contribution in [0.25, 0.3) is 0 Å². The molecule has 2 aromatic heterocycles. The molecule has 9 nitrogen and oxygen atoms in total. The summed E-state index contributed by atoms with van der Waals surface area (Å²) in [5, 5.41) is 16.2. The summed E-state index contributed by atoms with van der Waals surface area (Å²) in [5.74, 6) is -1.45. The first kappa shape index (κ1) is 14.4. The third kappa shape index (κ3) is 2.79. The van der Waals surface area contributed by atoms with Gasteiger partial charge in [-0.2, -0.15) is 5.10 Å². The third-order valence-corrected chi connectivity index (χ3v) is 4.67. The van der Waals surface area contributed by atoms with Crippen LogP contribution < -0.4 is 9.60 Å². The lowest BCUT2D eigenvalue weighted by Gasteiger charge is -2.05. The number of hydrogen-bond acceptors (Lipinski definition) is 6. The third-order valence-electron chi connectivity index (χ3n) is 2.39. The van der Waals surface area contributed by atoms with Gasteiger partial charge >= 0.3 is 10.8 Å². The molecule has 0 saturated heterocycles. The van der Waals surface area contributed by atoms with Gasteiger partial charge < -0.3 is 10.1 Å². The summed E-state index contributed by atoms with van der Waals surface area (Å²) in [4.78, 5) is 23.6. The van der Waals surface area contributed by atoms with Crippen molar-refractivity contribution >= 4 is 27.3 Å². The highest BCUT2D eigenvalue weighted by Gasteiger charge is 2.28. The van der Waals surface area contributed by atoms with E-state index < -0.39 is 26.6 Å². The van der Waals surface area contributed by atoms with Gasteiger partial charge in [0, 0.05) is 11.1 Å². The molecule has 0 saturated carbocycles. The molecule has 0 aromatic carbocycles. The normalized spacial score (nSPS) is 11.7. The Bertz CT molecular complexity index is 800. The first-order valence-corrected chi connectivity index (χ1v) is 7.62. The van der Waals surface area contributed by atoms with Crippen molar-refractivity contribution in [2.24, 2.45) is 0 Å². The van der Waals surface area contributed by atoms with Crippen LogP contribution in [-0.4, -0.2) is 34.7 Å². The van der Waals surface area contributed by atoms with Crippen molar-refractivity contribution in [3.05, 3.63) is 32.1 Å². The van der Waals surface area contributed by atoms with Crippen LogP contribution in [0.2, 0.25) is 0 Å². The van der Waals surface area contributed by atoms with Crippen LogP contribution in [0.3, 0.4) is 0 Å². The van der Waals surface area contributed by atoms with Crippen LogP contribution in [0.4, 0.5) is 0 Å². The smallest absolute Gasteiger partial charge is 0.357 e. The van der Waals surface area contributed by atoms with Gasteiger partial charge in [-0.3, -0.25) is 9.89 Å². The van der Waals surface area contributed by atoms with E-state index in [1.54, 1.807) is 0 Å². The maximum absolute atomic E-state index is 12.1. The number of hydrogen-bond donors (Lipinski definition) is 4. The molecule has 0 radical (unpaired) electrons. The van der Waals surface area contributed by atoms with Gasteiger partial charge in [0.1, 0.15) is 4.90 Å². The second-order valence-electron chi connectivity index (χ2n) is 3.83. The Morgan fingerprint density at radius 3 is 2.80 bits per heavy atom. The van der Waals surface area contributed by atoms with Crippen LogP contribution in [0.1, 0.15) is 21.9 Å². The first-order valence-electron chi connectivity index (χ1n) is 5.26. The van der Waals surface area contributed by atoms with Crippen molar-refractivity contribution in [1.29, 1.82) is 0 Å². The molecular formula is C9H10N4O5S2. The van der Waals surface area contributed by atoms with E-state index in [-0.39, 0.29) is 17.1 Å². The number of aromatic carboxylic acids is 1. The highest BCUT2D eigenvalue weighted by Crippen LogP contribution is 2.17. The molecule has 0 atom stereocenters. The van der Waals surface area contributed by atoms with Crippen LogP contribution in [-0.2, 0) is 16.6 Å². The Morgan fingerprint density at radius 2 is 2.25 bits per heavy atom. The van der Waals surface area contributed by atoms with Crippen molar-refractivity contribution in [3.8, 4) is 0 Å². The number of carboxylic acid groups (broad SMARTS) is 1. The van der Waals surface area contributed by atoms with Crippen molar-refractivity contribution in [2.45, 2.75) is 18.4 Å². The standard InChI is InChI=1S/C9H10N4O5S2/c1-4-7(6(8(14)15)13-12-4)20(17,18)10-2-5-3-19-9(16)11-5/h3,10H,2H2,1H3,(H,11,16)(H,12,13)(H,14,15). The van der Waals surface area contributed by atoms with Crippen LogP contribution >= 0.6 is 11.3 Å². The summed E-state index contributed by atoms with van der Waals surface area (Å²) in [7, 11) is -4.05. The minimum Gasteiger partial charge on any atom is -0.476 e. The number of rotatable bonds is 5. The van der Waals surface area contributed by atoms with E-state index in [4.69, 9.17) is 5.11 Å². The number of carbonyl (C=O) groups is 1. The lowest BCUT2D eigenvalue weighted by molar-refractivity contribution is 0.0686. The number of nitrogens with one attached hydrogen (secondary N) is 3. The number of carboxylic acids is 1. The van der Waals surface area contributed by atoms with Gasteiger partial charge in [0.2, 0.25) is 10.0 Å². The molecule has 20 heavy (non-hydrogen) atoms. The number of aryl methyl sites for hydroxylation is 1. The Morgan fingerprint density at radius 1 is 1.55 bits per heavy atom. The second kappa shape index (κ2) is 5.19. The Kier molecular flexibility index (Phi) is 3.74. The van der Waals surface area contributed by atoms with E-state index in [2.05, 4.69) is 19.9 Å². The molecule has 0 aliphatic carbocycles. The molecule has 108 valence electrons. The highest BCUT2D eigenvalue weighted by atomic mass is 32.2. The first-order chi connectivity index (χ1) is 9.31.